The first-order valence-corrected chi connectivity index (χ1v) is 5.10. The van der Waals surface area contributed by atoms with Crippen molar-refractivity contribution < 1.29 is 28.2 Å². The van der Waals surface area contributed by atoms with E-state index in [1.807, 2.05) is 0 Å². The summed E-state index contributed by atoms with van der Waals surface area (Å²) in [5.41, 5.74) is 0. The van der Waals surface area contributed by atoms with Crippen molar-refractivity contribution in [3.8, 4) is 0 Å². The van der Waals surface area contributed by atoms with Gasteiger partial charge in [0.15, 0.2) is 0 Å². The van der Waals surface area contributed by atoms with Crippen LogP contribution in [-0.2, 0) is 9.53 Å². The van der Waals surface area contributed by atoms with Crippen LogP contribution < -0.4 is 10.6 Å². The van der Waals surface area contributed by atoms with E-state index in [0.717, 1.165) is 0 Å². The van der Waals surface area contributed by atoms with Gasteiger partial charge in [-0.25, -0.2) is 18.4 Å². The van der Waals surface area contributed by atoms with E-state index in [4.69, 9.17) is 5.11 Å². The molecule has 0 fully saturated rings. The summed E-state index contributed by atoms with van der Waals surface area (Å²) < 4.78 is 27.8. The molecule has 100 valence electrons. The van der Waals surface area contributed by atoms with Gasteiger partial charge in [-0.1, -0.05) is 6.92 Å². The molecule has 0 unspecified atom stereocenters. The first kappa shape index (κ1) is 15.6. The molecule has 0 radical (unpaired) electrons. The number of amides is 2. The van der Waals surface area contributed by atoms with Gasteiger partial charge in [0.05, 0.1) is 6.61 Å². The molecule has 8 heteroatoms. The largest absolute Gasteiger partial charge is 0.480 e. The number of carbonyl (C=O) groups is 2. The molecule has 0 aromatic rings. The number of carboxylic acids is 1. The number of carbonyl (C=O) groups excluding carboxylic acids is 1. The highest BCUT2D eigenvalue weighted by molar-refractivity contribution is 5.82. The SMILES string of the molecule is CC[C@@H](NC(=O)NCCOCC(F)F)C(=O)O. The number of aliphatic carboxylic acids is 1. The zero-order chi connectivity index (χ0) is 13.3. The second-order valence-electron chi connectivity index (χ2n) is 3.17. The van der Waals surface area contributed by atoms with Crippen LogP contribution >= 0.6 is 0 Å². The molecule has 0 rings (SSSR count). The van der Waals surface area contributed by atoms with Gasteiger partial charge in [-0.15, -0.1) is 0 Å². The van der Waals surface area contributed by atoms with Gasteiger partial charge in [0.25, 0.3) is 6.43 Å². The van der Waals surface area contributed by atoms with E-state index in [0.29, 0.717) is 0 Å². The molecule has 0 aromatic heterocycles. The van der Waals surface area contributed by atoms with Gasteiger partial charge in [-0.05, 0) is 6.42 Å². The van der Waals surface area contributed by atoms with Gasteiger partial charge < -0.3 is 20.5 Å². The summed E-state index contributed by atoms with van der Waals surface area (Å²) in [4.78, 5) is 21.7. The van der Waals surface area contributed by atoms with Gasteiger partial charge >= 0.3 is 12.0 Å². The fourth-order valence-electron chi connectivity index (χ4n) is 0.957. The third-order valence-corrected chi connectivity index (χ3v) is 1.79. The highest BCUT2D eigenvalue weighted by Gasteiger charge is 2.16. The lowest BCUT2D eigenvalue weighted by Gasteiger charge is -2.13. The molecule has 17 heavy (non-hydrogen) atoms. The minimum atomic E-state index is -2.54. The monoisotopic (exact) mass is 254 g/mol. The van der Waals surface area contributed by atoms with E-state index >= 15 is 0 Å². The molecule has 6 nitrogen and oxygen atoms in total. The van der Waals surface area contributed by atoms with Crippen LogP contribution in [0.5, 0.6) is 0 Å². The Morgan fingerprint density at radius 2 is 2.06 bits per heavy atom. The molecule has 0 aromatic carbocycles. The van der Waals surface area contributed by atoms with E-state index in [1.54, 1.807) is 6.92 Å². The quantitative estimate of drug-likeness (QED) is 0.548. The van der Waals surface area contributed by atoms with E-state index in [2.05, 4.69) is 15.4 Å². The minimum Gasteiger partial charge on any atom is -0.480 e. The highest BCUT2D eigenvalue weighted by atomic mass is 19.3. The van der Waals surface area contributed by atoms with Crippen molar-refractivity contribution in [3.05, 3.63) is 0 Å². The van der Waals surface area contributed by atoms with Crippen molar-refractivity contribution in [1.29, 1.82) is 0 Å². The topological polar surface area (TPSA) is 87.7 Å². The summed E-state index contributed by atoms with van der Waals surface area (Å²) in [5.74, 6) is -1.13. The highest BCUT2D eigenvalue weighted by Crippen LogP contribution is 1.92. The first-order valence-electron chi connectivity index (χ1n) is 5.10. The molecule has 0 spiro atoms. The lowest BCUT2D eigenvalue weighted by molar-refractivity contribution is -0.139. The maximum atomic E-state index is 11.6. The standard InChI is InChI=1S/C9H16F2N2O4/c1-2-6(8(14)15)13-9(16)12-3-4-17-5-7(10)11/h6-7H,2-5H2,1H3,(H,14,15)(H2,12,13,16)/t6-/m1/s1. The lowest BCUT2D eigenvalue weighted by atomic mass is 10.2. The molecule has 0 heterocycles. The number of halogens is 2. The minimum absolute atomic E-state index is 0.0363. The molecule has 2 amide bonds. The smallest absolute Gasteiger partial charge is 0.326 e. The molecular weight excluding hydrogens is 238 g/mol. The van der Waals surface area contributed by atoms with Crippen molar-refractivity contribution >= 4 is 12.0 Å². The van der Waals surface area contributed by atoms with Crippen molar-refractivity contribution in [2.75, 3.05) is 19.8 Å². The molecule has 0 aliphatic heterocycles. The van der Waals surface area contributed by atoms with Gasteiger partial charge in [0.1, 0.15) is 12.6 Å². The van der Waals surface area contributed by atoms with Gasteiger partial charge in [-0.2, -0.15) is 0 Å². The Kier molecular flexibility index (Phi) is 7.95. The Morgan fingerprint density at radius 1 is 1.41 bits per heavy atom. The van der Waals surface area contributed by atoms with Crippen molar-refractivity contribution in [2.45, 2.75) is 25.8 Å². The Hall–Kier alpha value is -1.44. The summed E-state index contributed by atoms with van der Waals surface area (Å²) in [5, 5.41) is 13.1. The van der Waals surface area contributed by atoms with Crippen LogP contribution in [0.2, 0.25) is 0 Å². The van der Waals surface area contributed by atoms with E-state index < -0.39 is 31.1 Å². The first-order chi connectivity index (χ1) is 7.97. The predicted octanol–water partition coefficient (Wildman–Crippen LogP) is 0.430. The van der Waals surface area contributed by atoms with Crippen LogP contribution in [-0.4, -0.2) is 49.3 Å². The number of nitrogens with one attached hydrogen (secondary N) is 2. The number of carboxylic acid groups (broad SMARTS) is 1. The number of hydrogen-bond acceptors (Lipinski definition) is 3. The van der Waals surface area contributed by atoms with Crippen molar-refractivity contribution in [1.82, 2.24) is 10.6 Å². The van der Waals surface area contributed by atoms with Gasteiger partial charge in [0.2, 0.25) is 0 Å². The molecule has 0 bridgehead atoms. The number of rotatable bonds is 8. The predicted molar refractivity (Wildman–Crippen MR) is 55.1 cm³/mol. The number of urea groups is 1. The van der Waals surface area contributed by atoms with E-state index in [1.165, 1.54) is 0 Å². The average Bonchev–Trinajstić information content (AvgIpc) is 2.24. The second kappa shape index (κ2) is 8.68. The normalized spacial score (nSPS) is 12.2. The van der Waals surface area contributed by atoms with Crippen LogP contribution in [0, 0.1) is 0 Å². The molecule has 0 aliphatic carbocycles. The van der Waals surface area contributed by atoms with Crippen molar-refractivity contribution in [3.63, 3.8) is 0 Å². The summed E-state index contributed by atoms with van der Waals surface area (Å²) in [6.45, 7) is 0.914. The third kappa shape index (κ3) is 8.38. The average molecular weight is 254 g/mol. The molecular formula is C9H16F2N2O4. The Labute approximate surface area is 97.3 Å². The molecule has 1 atom stereocenters. The zero-order valence-electron chi connectivity index (χ0n) is 9.41. The fourth-order valence-corrected chi connectivity index (χ4v) is 0.957. The van der Waals surface area contributed by atoms with Crippen LogP contribution in [0.3, 0.4) is 0 Å². The Bertz CT molecular complexity index is 251. The summed E-state index contributed by atoms with van der Waals surface area (Å²) in [6, 6.07) is -1.63. The molecule has 0 saturated carbocycles. The summed E-state index contributed by atoms with van der Waals surface area (Å²) in [7, 11) is 0. The lowest BCUT2D eigenvalue weighted by Crippen LogP contribution is -2.46. The number of alkyl halides is 2. The van der Waals surface area contributed by atoms with Crippen LogP contribution in [0.4, 0.5) is 13.6 Å². The van der Waals surface area contributed by atoms with Gasteiger partial charge in [0, 0.05) is 6.54 Å². The molecule has 0 saturated heterocycles. The van der Waals surface area contributed by atoms with Crippen LogP contribution in [0.25, 0.3) is 0 Å². The fraction of sp³-hybridized carbons (Fsp3) is 0.778. The maximum absolute atomic E-state index is 11.6. The summed E-state index contributed by atoms with van der Waals surface area (Å²) in [6.07, 6.45) is -2.29. The molecule has 3 N–H and O–H groups in total. The Balaban J connectivity index is 3.62. The molecule has 0 aliphatic rings. The van der Waals surface area contributed by atoms with Crippen LogP contribution in [0.15, 0.2) is 0 Å². The Morgan fingerprint density at radius 3 is 2.53 bits per heavy atom. The maximum Gasteiger partial charge on any atom is 0.326 e. The second-order valence-corrected chi connectivity index (χ2v) is 3.17. The number of ether oxygens (including phenoxy) is 1. The van der Waals surface area contributed by atoms with Crippen molar-refractivity contribution in [2.24, 2.45) is 0 Å². The number of hydrogen-bond donors (Lipinski definition) is 3. The van der Waals surface area contributed by atoms with Crippen LogP contribution in [0.1, 0.15) is 13.3 Å². The van der Waals surface area contributed by atoms with Gasteiger partial charge in [-0.3, -0.25) is 0 Å². The van der Waals surface area contributed by atoms with E-state index in [9.17, 15) is 18.4 Å². The summed E-state index contributed by atoms with van der Waals surface area (Å²) >= 11 is 0. The third-order valence-electron chi connectivity index (χ3n) is 1.79. The van der Waals surface area contributed by atoms with E-state index in [-0.39, 0.29) is 19.6 Å². The zero-order valence-corrected chi connectivity index (χ0v) is 9.41.